The zero-order chi connectivity index (χ0) is 37.7. The monoisotopic (exact) mass is 723 g/mol. The Balaban J connectivity index is 1.21. The van der Waals surface area contributed by atoms with Crippen LogP contribution in [0.1, 0.15) is 72.5 Å². The van der Waals surface area contributed by atoms with Crippen molar-refractivity contribution in [2.45, 2.75) is 71.3 Å². The zero-order valence-corrected chi connectivity index (χ0v) is 30.5. The van der Waals surface area contributed by atoms with E-state index in [2.05, 4.69) is 10.6 Å². The van der Waals surface area contributed by atoms with Crippen LogP contribution in [-0.2, 0) is 43.8 Å². The van der Waals surface area contributed by atoms with Gasteiger partial charge in [0.15, 0.2) is 11.5 Å². The smallest absolute Gasteiger partial charge is 0.328 e. The van der Waals surface area contributed by atoms with E-state index in [0.717, 1.165) is 16.7 Å². The molecule has 0 fully saturated rings. The summed E-state index contributed by atoms with van der Waals surface area (Å²) in [5.41, 5.74) is 3.25. The molecular weight excluding hydrogens is 674 g/mol. The van der Waals surface area contributed by atoms with Crippen LogP contribution in [0, 0.1) is 0 Å². The summed E-state index contributed by atoms with van der Waals surface area (Å²) in [7, 11) is 1.27. The van der Waals surface area contributed by atoms with Crippen LogP contribution in [0.3, 0.4) is 0 Å². The number of carbonyl (C=O) groups excluding carboxylic acids is 4. The molecule has 0 heterocycles. The van der Waals surface area contributed by atoms with E-state index in [1.807, 2.05) is 91.0 Å². The second-order valence-electron chi connectivity index (χ2n) is 12.4. The van der Waals surface area contributed by atoms with Crippen molar-refractivity contribution in [3.63, 3.8) is 0 Å². The number of nitrogens with zero attached hydrogens (tertiary/aromatic N) is 1. The van der Waals surface area contributed by atoms with E-state index in [4.69, 9.17) is 19.0 Å². The van der Waals surface area contributed by atoms with Gasteiger partial charge in [0.25, 0.3) is 5.91 Å². The van der Waals surface area contributed by atoms with Gasteiger partial charge in [-0.1, -0.05) is 103 Å². The number of ether oxygens (including phenoxy) is 3. The van der Waals surface area contributed by atoms with Crippen molar-refractivity contribution in [3.8, 4) is 11.5 Å². The lowest BCUT2D eigenvalue weighted by atomic mass is 10.1. The molecule has 0 saturated carbocycles. The third-order valence-corrected chi connectivity index (χ3v) is 8.31. The van der Waals surface area contributed by atoms with Gasteiger partial charge in [0.2, 0.25) is 11.8 Å². The third kappa shape index (κ3) is 14.1. The van der Waals surface area contributed by atoms with Crippen LogP contribution in [0.4, 0.5) is 0 Å². The first-order valence-corrected chi connectivity index (χ1v) is 17.9. The van der Waals surface area contributed by atoms with Gasteiger partial charge in [-0.25, -0.2) is 9.86 Å². The maximum atomic E-state index is 13.3. The van der Waals surface area contributed by atoms with E-state index >= 15 is 0 Å². The number of hydrogen-bond acceptors (Lipinski definition) is 8. The van der Waals surface area contributed by atoms with Crippen LogP contribution in [0.15, 0.2) is 109 Å². The normalized spacial score (nSPS) is 11.2. The van der Waals surface area contributed by atoms with Crippen molar-refractivity contribution in [1.29, 1.82) is 0 Å². The average Bonchev–Trinajstić information content (AvgIpc) is 3.19. The van der Waals surface area contributed by atoms with Gasteiger partial charge in [0.1, 0.15) is 25.9 Å². The number of para-hydroxylation sites is 1. The van der Waals surface area contributed by atoms with Crippen LogP contribution < -0.4 is 20.1 Å². The Labute approximate surface area is 311 Å². The standard InChI is InChI=1S/C42H49N3O8/c1-32(46)45(53-31-35-21-11-5-12-22-35)28-16-24-37(42(49)50-2)44-39(47)26-13-6-14-27-43-41(48)36-23-15-25-38(51-29-33-17-7-3-8-18-33)40(36)52-30-34-19-9-4-10-20-34/h3-5,7-12,15,17-23,25,37H,6,13-14,16,24,26-31H2,1-2H3,(H,43,48)(H,44,47)/t37-/m0/s1. The van der Waals surface area contributed by atoms with Crippen LogP contribution >= 0.6 is 0 Å². The van der Waals surface area contributed by atoms with Gasteiger partial charge in [0, 0.05) is 26.4 Å². The van der Waals surface area contributed by atoms with Crippen molar-refractivity contribution in [3.05, 3.63) is 131 Å². The molecule has 0 unspecified atom stereocenters. The van der Waals surface area contributed by atoms with E-state index in [9.17, 15) is 19.2 Å². The first kappa shape index (κ1) is 40.1. The highest BCUT2D eigenvalue weighted by atomic mass is 16.7. The van der Waals surface area contributed by atoms with Gasteiger partial charge in [-0.05, 0) is 54.5 Å². The van der Waals surface area contributed by atoms with Crippen LogP contribution in [0.25, 0.3) is 0 Å². The summed E-state index contributed by atoms with van der Waals surface area (Å²) in [5, 5.41) is 6.99. The number of carbonyl (C=O) groups is 4. The van der Waals surface area contributed by atoms with E-state index in [-0.39, 0.29) is 50.3 Å². The summed E-state index contributed by atoms with van der Waals surface area (Å²) in [6.07, 6.45) is 2.79. The zero-order valence-electron chi connectivity index (χ0n) is 30.5. The second-order valence-corrected chi connectivity index (χ2v) is 12.4. The molecule has 0 aliphatic heterocycles. The first-order valence-electron chi connectivity index (χ1n) is 17.9. The summed E-state index contributed by atoms with van der Waals surface area (Å²) in [4.78, 5) is 56.3. The Morgan fingerprint density at radius 3 is 1.89 bits per heavy atom. The van der Waals surface area contributed by atoms with E-state index in [1.165, 1.54) is 19.1 Å². The number of rotatable bonds is 22. The Morgan fingerprint density at radius 2 is 1.28 bits per heavy atom. The lowest BCUT2D eigenvalue weighted by Gasteiger charge is -2.22. The summed E-state index contributed by atoms with van der Waals surface area (Å²) in [6.45, 7) is 2.90. The number of nitrogens with one attached hydrogen (secondary N) is 2. The molecule has 0 radical (unpaired) electrons. The lowest BCUT2D eigenvalue weighted by Crippen LogP contribution is -2.42. The lowest BCUT2D eigenvalue weighted by molar-refractivity contribution is -0.189. The van der Waals surface area contributed by atoms with E-state index < -0.39 is 12.0 Å². The predicted octanol–water partition coefficient (Wildman–Crippen LogP) is 6.55. The molecule has 0 spiro atoms. The third-order valence-electron chi connectivity index (χ3n) is 8.31. The molecule has 4 rings (SSSR count). The first-order chi connectivity index (χ1) is 25.8. The van der Waals surface area contributed by atoms with Gasteiger partial charge < -0.3 is 24.8 Å². The quantitative estimate of drug-likeness (QED) is 0.0530. The minimum atomic E-state index is -0.847. The maximum absolute atomic E-state index is 13.3. The van der Waals surface area contributed by atoms with Crippen molar-refractivity contribution >= 4 is 23.7 Å². The minimum Gasteiger partial charge on any atom is -0.485 e. The highest BCUT2D eigenvalue weighted by Crippen LogP contribution is 2.33. The maximum Gasteiger partial charge on any atom is 0.328 e. The Morgan fingerprint density at radius 1 is 0.679 bits per heavy atom. The Hall–Kier alpha value is -5.68. The molecule has 280 valence electrons. The number of methoxy groups -OCH3 is 1. The highest BCUT2D eigenvalue weighted by Gasteiger charge is 2.22. The average molecular weight is 724 g/mol. The number of hydrogen-bond donors (Lipinski definition) is 2. The molecule has 1 atom stereocenters. The molecular formula is C42H49N3O8. The van der Waals surface area contributed by atoms with Gasteiger partial charge in [0.05, 0.1) is 12.7 Å². The fraction of sp³-hybridized carbons (Fsp3) is 0.333. The van der Waals surface area contributed by atoms with Crippen molar-refractivity contribution in [2.75, 3.05) is 20.2 Å². The Bertz CT molecular complexity index is 1720. The van der Waals surface area contributed by atoms with Crippen molar-refractivity contribution in [2.24, 2.45) is 0 Å². The molecule has 4 aromatic carbocycles. The van der Waals surface area contributed by atoms with E-state index in [1.54, 1.807) is 18.2 Å². The van der Waals surface area contributed by atoms with E-state index in [0.29, 0.717) is 55.9 Å². The molecule has 11 heteroatoms. The summed E-state index contributed by atoms with van der Waals surface area (Å²) >= 11 is 0. The second kappa shape index (κ2) is 22.3. The van der Waals surface area contributed by atoms with Crippen molar-refractivity contribution in [1.82, 2.24) is 15.7 Å². The fourth-order valence-corrected chi connectivity index (χ4v) is 5.44. The van der Waals surface area contributed by atoms with Crippen molar-refractivity contribution < 1.29 is 38.2 Å². The molecule has 53 heavy (non-hydrogen) atoms. The number of benzene rings is 4. The van der Waals surface area contributed by atoms with Crippen LogP contribution in [0.2, 0.25) is 0 Å². The molecule has 0 bridgehead atoms. The molecule has 3 amide bonds. The van der Waals surface area contributed by atoms with Gasteiger partial charge >= 0.3 is 5.97 Å². The number of esters is 1. The van der Waals surface area contributed by atoms with Gasteiger partial charge in [-0.3, -0.25) is 19.2 Å². The number of amides is 3. The molecule has 0 aliphatic carbocycles. The molecule has 4 aromatic rings. The van der Waals surface area contributed by atoms with Crippen LogP contribution in [0.5, 0.6) is 11.5 Å². The topological polar surface area (TPSA) is 132 Å². The number of unbranched alkanes of at least 4 members (excludes halogenated alkanes) is 2. The van der Waals surface area contributed by atoms with Gasteiger partial charge in [-0.15, -0.1) is 0 Å². The van der Waals surface area contributed by atoms with Gasteiger partial charge in [-0.2, -0.15) is 0 Å². The molecule has 0 aromatic heterocycles. The largest absolute Gasteiger partial charge is 0.485 e. The number of hydroxylamine groups is 2. The predicted molar refractivity (Wildman–Crippen MR) is 201 cm³/mol. The molecule has 0 aliphatic rings. The molecule has 2 N–H and O–H groups in total. The summed E-state index contributed by atoms with van der Waals surface area (Å²) in [5.74, 6) is -0.528. The van der Waals surface area contributed by atoms with Crippen LogP contribution in [-0.4, -0.2) is 55.0 Å². The fourth-order valence-electron chi connectivity index (χ4n) is 5.44. The Kier molecular flexibility index (Phi) is 16.9. The summed E-state index contributed by atoms with van der Waals surface area (Å²) in [6, 6.07) is 33.4. The minimum absolute atomic E-state index is 0.208. The summed E-state index contributed by atoms with van der Waals surface area (Å²) < 4.78 is 17.2. The SMILES string of the molecule is COC(=O)[C@H](CCCN(OCc1ccccc1)C(C)=O)NC(=O)CCCCCNC(=O)c1cccc(OCc2ccccc2)c1OCc1ccccc1. The molecule has 11 nitrogen and oxygen atoms in total. The molecule has 0 saturated heterocycles. The highest BCUT2D eigenvalue weighted by molar-refractivity contribution is 5.97.